The van der Waals surface area contributed by atoms with E-state index in [9.17, 15) is 43.2 Å². The Labute approximate surface area is 556 Å². The molecule has 540 valence electrons. The minimum atomic E-state index is -4.95. The van der Waals surface area contributed by atoms with Crippen molar-refractivity contribution in [3.05, 3.63) is 0 Å². The minimum Gasteiger partial charge on any atom is -0.462 e. The summed E-state index contributed by atoms with van der Waals surface area (Å²) >= 11 is 0. The Morgan fingerprint density at radius 3 is 0.780 bits per heavy atom. The topological polar surface area (TPSA) is 237 Å². The third kappa shape index (κ3) is 65.1. The van der Waals surface area contributed by atoms with Crippen LogP contribution in [0.3, 0.4) is 0 Å². The van der Waals surface area contributed by atoms with E-state index in [4.69, 9.17) is 37.0 Å². The van der Waals surface area contributed by atoms with Crippen molar-refractivity contribution >= 4 is 39.5 Å². The van der Waals surface area contributed by atoms with Crippen LogP contribution in [0.5, 0.6) is 0 Å². The summed E-state index contributed by atoms with van der Waals surface area (Å²) in [4.78, 5) is 72.7. The highest BCUT2D eigenvalue weighted by Crippen LogP contribution is 2.45. The summed E-state index contributed by atoms with van der Waals surface area (Å²) in [6, 6.07) is 0. The van der Waals surface area contributed by atoms with E-state index in [2.05, 4.69) is 34.6 Å². The molecule has 0 fully saturated rings. The largest absolute Gasteiger partial charge is 0.472 e. The highest BCUT2D eigenvalue weighted by atomic mass is 31.2. The highest BCUT2D eigenvalue weighted by molar-refractivity contribution is 7.47. The van der Waals surface area contributed by atoms with E-state index in [0.717, 1.165) is 95.8 Å². The molecule has 19 heteroatoms. The van der Waals surface area contributed by atoms with E-state index in [-0.39, 0.29) is 25.7 Å². The summed E-state index contributed by atoms with van der Waals surface area (Å²) in [5, 5.41) is 10.6. The number of phosphoric ester groups is 2. The van der Waals surface area contributed by atoms with Crippen molar-refractivity contribution in [1.29, 1.82) is 0 Å². The summed E-state index contributed by atoms with van der Waals surface area (Å²) in [5.74, 6) is -1.35. The summed E-state index contributed by atoms with van der Waals surface area (Å²) in [6.45, 7) is 7.27. The average molecular weight is 1340 g/mol. The number of esters is 4. The Morgan fingerprint density at radius 1 is 0.308 bits per heavy atom. The van der Waals surface area contributed by atoms with Gasteiger partial charge in [0.1, 0.15) is 19.3 Å². The molecule has 3 unspecified atom stereocenters. The van der Waals surface area contributed by atoms with Crippen LogP contribution in [0.25, 0.3) is 0 Å². The van der Waals surface area contributed by atoms with Gasteiger partial charge >= 0.3 is 39.5 Å². The van der Waals surface area contributed by atoms with Crippen molar-refractivity contribution in [2.45, 2.75) is 393 Å². The van der Waals surface area contributed by atoms with Gasteiger partial charge in [-0.2, -0.15) is 0 Å². The number of ether oxygens (including phenoxy) is 4. The number of rotatable bonds is 72. The van der Waals surface area contributed by atoms with Gasteiger partial charge in [-0.25, -0.2) is 9.13 Å². The highest BCUT2D eigenvalue weighted by Gasteiger charge is 2.30. The molecule has 17 nitrogen and oxygen atoms in total. The van der Waals surface area contributed by atoms with Gasteiger partial charge in [-0.3, -0.25) is 37.3 Å². The van der Waals surface area contributed by atoms with Crippen LogP contribution in [0.15, 0.2) is 0 Å². The van der Waals surface area contributed by atoms with E-state index in [1.807, 2.05) is 0 Å². The van der Waals surface area contributed by atoms with E-state index in [1.54, 1.807) is 0 Å². The number of phosphoric acid groups is 2. The van der Waals surface area contributed by atoms with Gasteiger partial charge in [-0.1, -0.05) is 324 Å². The first kappa shape index (κ1) is 89.1. The quantitative estimate of drug-likeness (QED) is 0.0222. The van der Waals surface area contributed by atoms with Crippen LogP contribution in [0.4, 0.5) is 0 Å². The Balaban J connectivity index is 5.26. The van der Waals surface area contributed by atoms with Gasteiger partial charge in [0.25, 0.3) is 0 Å². The molecule has 91 heavy (non-hydrogen) atoms. The van der Waals surface area contributed by atoms with Crippen molar-refractivity contribution in [2.24, 2.45) is 5.92 Å². The first-order valence-electron chi connectivity index (χ1n) is 37.7. The van der Waals surface area contributed by atoms with Crippen LogP contribution < -0.4 is 0 Å². The smallest absolute Gasteiger partial charge is 0.462 e. The fourth-order valence-corrected chi connectivity index (χ4v) is 12.5. The van der Waals surface area contributed by atoms with Crippen LogP contribution in [-0.4, -0.2) is 96.7 Å². The zero-order valence-corrected chi connectivity index (χ0v) is 60.8. The maximum absolute atomic E-state index is 13.0. The van der Waals surface area contributed by atoms with Crippen molar-refractivity contribution in [1.82, 2.24) is 0 Å². The maximum Gasteiger partial charge on any atom is 0.472 e. The number of unbranched alkanes of at least 4 members (excludes halogenated alkanes) is 43. The van der Waals surface area contributed by atoms with E-state index in [1.165, 1.54) is 199 Å². The summed E-state index contributed by atoms with van der Waals surface area (Å²) < 4.78 is 68.4. The molecule has 0 amide bonds. The van der Waals surface area contributed by atoms with Crippen LogP contribution in [0.1, 0.15) is 375 Å². The SMILES string of the molecule is CCCCCCCCCCCCCCCCC(=O)O[C@H](COC(=O)CCCCCCCCCCCCCCC)COP(=O)(O)OC[C@@H](O)COP(=O)(O)OC[C@@H](COC(=O)CCCCCCCCCCCCCC)OC(=O)CCCCCCCCCCC(C)CC. The molecule has 3 N–H and O–H groups in total. The molecule has 0 aliphatic carbocycles. The summed E-state index contributed by atoms with van der Waals surface area (Å²) in [5.41, 5.74) is 0. The molecule has 0 saturated carbocycles. The van der Waals surface area contributed by atoms with Gasteiger partial charge < -0.3 is 33.8 Å². The monoisotopic (exact) mass is 1340 g/mol. The van der Waals surface area contributed by atoms with Gasteiger partial charge in [-0.05, 0) is 31.6 Å². The summed E-state index contributed by atoms with van der Waals surface area (Å²) in [6.07, 6.45) is 52.4. The normalized spacial score (nSPS) is 14.3. The number of carbonyl (C=O) groups excluding carboxylic acids is 4. The molecule has 0 aromatic rings. The van der Waals surface area contributed by atoms with Gasteiger partial charge in [0.2, 0.25) is 0 Å². The van der Waals surface area contributed by atoms with E-state index in [0.29, 0.717) is 25.7 Å². The zero-order chi connectivity index (χ0) is 67.0. The van der Waals surface area contributed by atoms with Crippen molar-refractivity contribution in [3.8, 4) is 0 Å². The summed E-state index contributed by atoms with van der Waals surface area (Å²) in [7, 11) is -9.90. The molecule has 0 bridgehead atoms. The molecule has 0 aliphatic heterocycles. The molecule has 6 atom stereocenters. The molecule has 0 aromatic carbocycles. The molecule has 0 radical (unpaired) electrons. The Hall–Kier alpha value is -1.94. The molecule has 0 heterocycles. The van der Waals surface area contributed by atoms with Crippen LogP contribution in [-0.2, 0) is 65.4 Å². The number of aliphatic hydroxyl groups is 1. The van der Waals surface area contributed by atoms with Gasteiger partial charge in [-0.15, -0.1) is 0 Å². The van der Waals surface area contributed by atoms with Crippen molar-refractivity contribution < 1.29 is 80.2 Å². The average Bonchev–Trinajstić information content (AvgIpc) is 3.63. The molecule has 0 aliphatic rings. The molecule has 0 aromatic heterocycles. The second-order valence-electron chi connectivity index (χ2n) is 26.2. The van der Waals surface area contributed by atoms with E-state index < -0.39 is 97.5 Å². The lowest BCUT2D eigenvalue weighted by molar-refractivity contribution is -0.161. The zero-order valence-electron chi connectivity index (χ0n) is 59.0. The van der Waals surface area contributed by atoms with Crippen LogP contribution >= 0.6 is 15.6 Å². The number of carbonyl (C=O) groups is 4. The van der Waals surface area contributed by atoms with Gasteiger partial charge in [0, 0.05) is 25.7 Å². The molecule has 0 rings (SSSR count). The minimum absolute atomic E-state index is 0.106. The second-order valence-corrected chi connectivity index (χ2v) is 29.1. The predicted molar refractivity (Wildman–Crippen MR) is 368 cm³/mol. The van der Waals surface area contributed by atoms with Gasteiger partial charge in [0.05, 0.1) is 26.4 Å². The maximum atomic E-state index is 13.0. The molecular formula is C72H140O17P2. The second kappa shape index (κ2) is 65.4. The van der Waals surface area contributed by atoms with Crippen molar-refractivity contribution in [3.63, 3.8) is 0 Å². The predicted octanol–water partition coefficient (Wildman–Crippen LogP) is 20.9. The lowest BCUT2D eigenvalue weighted by Crippen LogP contribution is -2.30. The fourth-order valence-electron chi connectivity index (χ4n) is 11.0. The molecule has 0 spiro atoms. The van der Waals surface area contributed by atoms with E-state index >= 15 is 0 Å². The lowest BCUT2D eigenvalue weighted by atomic mass is 9.99. The standard InChI is InChI=1S/C72H140O17P2/c1-6-10-13-16-19-22-25-28-30-33-36-42-47-52-57-71(76)88-67(61-82-70(75)56-51-46-41-35-32-29-26-23-20-17-14-11-7-2)63-86-90(78,79)84-59-66(73)60-85-91(80,81)87-64-68(89-72(77)58-53-48-43-38-37-39-44-49-54-65(5)9-4)62-83-69(74)55-50-45-40-34-31-27-24-21-18-15-12-8-3/h65-68,73H,6-64H2,1-5H3,(H,78,79)(H,80,81)/t65?,66-,67-,68-/m1/s1. The van der Waals surface area contributed by atoms with Gasteiger partial charge in [0.15, 0.2) is 12.2 Å². The molecular weight excluding hydrogens is 1200 g/mol. The third-order valence-corrected chi connectivity index (χ3v) is 19.0. The van der Waals surface area contributed by atoms with Crippen LogP contribution in [0.2, 0.25) is 0 Å². The van der Waals surface area contributed by atoms with Crippen molar-refractivity contribution in [2.75, 3.05) is 39.6 Å². The third-order valence-electron chi connectivity index (χ3n) is 17.1. The Morgan fingerprint density at radius 2 is 0.527 bits per heavy atom. The fraction of sp³-hybridized carbons (Fsp3) is 0.944. The number of hydrogen-bond donors (Lipinski definition) is 3. The van der Waals surface area contributed by atoms with Crippen LogP contribution in [0, 0.1) is 5.92 Å². The number of hydrogen-bond acceptors (Lipinski definition) is 15. The Bertz CT molecular complexity index is 1760. The first-order valence-corrected chi connectivity index (χ1v) is 40.7. The lowest BCUT2D eigenvalue weighted by Gasteiger charge is -2.21. The Kier molecular flexibility index (Phi) is 64.0. The first-order chi connectivity index (χ1) is 44.1. The molecule has 0 saturated heterocycles. The number of aliphatic hydroxyl groups excluding tert-OH is 1.